The molecule has 0 bridgehead atoms. The van der Waals surface area contributed by atoms with Gasteiger partial charge in [0.1, 0.15) is 12.4 Å². The Morgan fingerprint density at radius 2 is 2.11 bits per heavy atom. The molecular formula is C12H14BrNO4. The Morgan fingerprint density at radius 3 is 2.78 bits per heavy atom. The van der Waals surface area contributed by atoms with Crippen LogP contribution in [0.2, 0.25) is 0 Å². The third-order valence-electron chi connectivity index (χ3n) is 1.99. The molecule has 0 saturated carbocycles. The SMILES string of the molecule is CCOC(=O)CCC(=O)COc1cncc(Br)c1. The van der Waals surface area contributed by atoms with E-state index in [4.69, 9.17) is 9.47 Å². The molecule has 0 fully saturated rings. The number of esters is 1. The van der Waals surface area contributed by atoms with Gasteiger partial charge in [-0.25, -0.2) is 0 Å². The van der Waals surface area contributed by atoms with Gasteiger partial charge in [0.25, 0.3) is 0 Å². The molecule has 1 heterocycles. The molecule has 0 unspecified atom stereocenters. The van der Waals surface area contributed by atoms with Crippen LogP contribution < -0.4 is 4.74 Å². The Labute approximate surface area is 114 Å². The average Bonchev–Trinajstić information content (AvgIpc) is 2.34. The zero-order valence-corrected chi connectivity index (χ0v) is 11.6. The Hall–Kier alpha value is -1.43. The van der Waals surface area contributed by atoms with Gasteiger partial charge >= 0.3 is 5.97 Å². The summed E-state index contributed by atoms with van der Waals surface area (Å²) in [6.45, 7) is 1.98. The molecular weight excluding hydrogens is 302 g/mol. The van der Waals surface area contributed by atoms with Crippen molar-refractivity contribution >= 4 is 27.7 Å². The average molecular weight is 316 g/mol. The molecule has 0 aromatic carbocycles. The number of ether oxygens (including phenoxy) is 2. The van der Waals surface area contributed by atoms with Crippen molar-refractivity contribution in [1.82, 2.24) is 4.98 Å². The first-order chi connectivity index (χ1) is 8.61. The van der Waals surface area contributed by atoms with E-state index in [1.54, 1.807) is 19.2 Å². The minimum Gasteiger partial charge on any atom is -0.484 e. The number of nitrogens with zero attached hydrogens (tertiary/aromatic N) is 1. The van der Waals surface area contributed by atoms with Crippen LogP contribution in [0.4, 0.5) is 0 Å². The van der Waals surface area contributed by atoms with Crippen LogP contribution in [0.1, 0.15) is 19.8 Å². The quantitative estimate of drug-likeness (QED) is 0.721. The normalized spacial score (nSPS) is 9.89. The lowest BCUT2D eigenvalue weighted by molar-refractivity contribution is -0.144. The maximum Gasteiger partial charge on any atom is 0.306 e. The van der Waals surface area contributed by atoms with Gasteiger partial charge in [0.2, 0.25) is 0 Å². The molecule has 1 aromatic rings. The lowest BCUT2D eigenvalue weighted by Gasteiger charge is -2.05. The molecule has 0 radical (unpaired) electrons. The van der Waals surface area contributed by atoms with Gasteiger partial charge in [0.05, 0.1) is 19.2 Å². The predicted octanol–water partition coefficient (Wildman–Crippen LogP) is 2.14. The number of carbonyl (C=O) groups excluding carboxylic acids is 2. The number of rotatable bonds is 7. The highest BCUT2D eigenvalue weighted by Crippen LogP contribution is 2.15. The third kappa shape index (κ3) is 5.77. The standard InChI is InChI=1S/C12H14BrNO4/c1-2-17-12(16)4-3-10(15)8-18-11-5-9(13)6-14-7-11/h5-7H,2-4,8H2,1H3. The van der Waals surface area contributed by atoms with E-state index in [0.29, 0.717) is 12.4 Å². The molecule has 0 atom stereocenters. The van der Waals surface area contributed by atoms with Crippen LogP contribution in [-0.2, 0) is 14.3 Å². The molecule has 5 nitrogen and oxygen atoms in total. The van der Waals surface area contributed by atoms with Crippen molar-refractivity contribution in [2.75, 3.05) is 13.2 Å². The minimum absolute atomic E-state index is 0.0719. The highest BCUT2D eigenvalue weighted by atomic mass is 79.9. The van der Waals surface area contributed by atoms with E-state index < -0.39 is 0 Å². The minimum atomic E-state index is -0.366. The number of halogens is 1. The van der Waals surface area contributed by atoms with Gasteiger partial charge in [-0.15, -0.1) is 0 Å². The fraction of sp³-hybridized carbons (Fsp3) is 0.417. The molecule has 1 rings (SSSR count). The summed E-state index contributed by atoms with van der Waals surface area (Å²) in [4.78, 5) is 26.4. The largest absolute Gasteiger partial charge is 0.484 e. The Morgan fingerprint density at radius 1 is 1.33 bits per heavy atom. The second-order valence-electron chi connectivity index (χ2n) is 3.47. The third-order valence-corrected chi connectivity index (χ3v) is 2.43. The first-order valence-corrected chi connectivity index (χ1v) is 6.31. The molecule has 0 saturated heterocycles. The molecule has 0 aliphatic heterocycles. The van der Waals surface area contributed by atoms with Crippen LogP contribution in [0.5, 0.6) is 5.75 Å². The van der Waals surface area contributed by atoms with Gasteiger partial charge in [0.15, 0.2) is 5.78 Å². The van der Waals surface area contributed by atoms with Gasteiger partial charge in [-0.1, -0.05) is 0 Å². The highest BCUT2D eigenvalue weighted by molar-refractivity contribution is 9.10. The van der Waals surface area contributed by atoms with Crippen molar-refractivity contribution in [3.63, 3.8) is 0 Å². The summed E-state index contributed by atoms with van der Waals surface area (Å²) in [6.07, 6.45) is 3.35. The number of carbonyl (C=O) groups is 2. The van der Waals surface area contributed by atoms with E-state index in [-0.39, 0.29) is 31.2 Å². The highest BCUT2D eigenvalue weighted by Gasteiger charge is 2.08. The molecule has 98 valence electrons. The maximum absolute atomic E-state index is 11.4. The summed E-state index contributed by atoms with van der Waals surface area (Å²) < 4.78 is 10.7. The van der Waals surface area contributed by atoms with Gasteiger partial charge in [-0.3, -0.25) is 14.6 Å². The van der Waals surface area contributed by atoms with Crippen LogP contribution in [0.15, 0.2) is 22.9 Å². The summed E-state index contributed by atoms with van der Waals surface area (Å²) in [7, 11) is 0. The summed E-state index contributed by atoms with van der Waals surface area (Å²) in [5.41, 5.74) is 0. The molecule has 0 N–H and O–H groups in total. The molecule has 0 amide bonds. The summed E-state index contributed by atoms with van der Waals surface area (Å²) in [6, 6.07) is 1.71. The van der Waals surface area contributed by atoms with Gasteiger partial charge < -0.3 is 9.47 Å². The zero-order chi connectivity index (χ0) is 13.4. The molecule has 1 aromatic heterocycles. The van der Waals surface area contributed by atoms with Crippen LogP contribution in [0.3, 0.4) is 0 Å². The van der Waals surface area contributed by atoms with Crippen molar-refractivity contribution in [3.8, 4) is 5.75 Å². The number of Topliss-reactive ketones (excluding diaryl/α,β-unsaturated/α-hetero) is 1. The fourth-order valence-corrected chi connectivity index (χ4v) is 1.53. The van der Waals surface area contributed by atoms with Gasteiger partial charge in [0, 0.05) is 17.1 Å². The van der Waals surface area contributed by atoms with E-state index >= 15 is 0 Å². The Kier molecular flexibility index (Phi) is 6.35. The van der Waals surface area contributed by atoms with Crippen molar-refractivity contribution in [3.05, 3.63) is 22.9 Å². The summed E-state index contributed by atoms with van der Waals surface area (Å²) in [5, 5.41) is 0. The van der Waals surface area contributed by atoms with E-state index in [1.807, 2.05) is 0 Å². The number of aromatic nitrogens is 1. The monoisotopic (exact) mass is 315 g/mol. The maximum atomic E-state index is 11.4. The molecule has 0 aliphatic carbocycles. The van der Waals surface area contributed by atoms with E-state index in [0.717, 1.165) is 4.47 Å². The number of pyridine rings is 1. The van der Waals surface area contributed by atoms with Crippen LogP contribution in [-0.4, -0.2) is 30.0 Å². The Balaban J connectivity index is 2.27. The van der Waals surface area contributed by atoms with Crippen LogP contribution >= 0.6 is 15.9 Å². The van der Waals surface area contributed by atoms with E-state index in [2.05, 4.69) is 20.9 Å². The van der Waals surface area contributed by atoms with Crippen molar-refractivity contribution in [2.45, 2.75) is 19.8 Å². The Bertz CT molecular complexity index is 422. The van der Waals surface area contributed by atoms with Crippen LogP contribution in [0.25, 0.3) is 0 Å². The lowest BCUT2D eigenvalue weighted by Crippen LogP contribution is -2.14. The van der Waals surface area contributed by atoms with Crippen LogP contribution in [0, 0.1) is 0 Å². The van der Waals surface area contributed by atoms with Gasteiger partial charge in [-0.2, -0.15) is 0 Å². The number of hydrogen-bond acceptors (Lipinski definition) is 5. The molecule has 0 aliphatic rings. The molecule has 6 heteroatoms. The number of ketones is 1. The first-order valence-electron chi connectivity index (χ1n) is 5.52. The smallest absolute Gasteiger partial charge is 0.306 e. The molecule has 0 spiro atoms. The second-order valence-corrected chi connectivity index (χ2v) is 4.39. The summed E-state index contributed by atoms with van der Waals surface area (Å²) >= 11 is 3.25. The van der Waals surface area contributed by atoms with Crippen molar-refractivity contribution in [2.24, 2.45) is 0 Å². The molecule has 18 heavy (non-hydrogen) atoms. The zero-order valence-electron chi connectivity index (χ0n) is 10.0. The summed E-state index contributed by atoms with van der Waals surface area (Å²) in [5.74, 6) is -0.00754. The van der Waals surface area contributed by atoms with E-state index in [9.17, 15) is 9.59 Å². The fourth-order valence-electron chi connectivity index (χ4n) is 1.18. The second kappa shape index (κ2) is 7.81. The first kappa shape index (κ1) is 14.6. The van der Waals surface area contributed by atoms with E-state index in [1.165, 1.54) is 6.20 Å². The van der Waals surface area contributed by atoms with Crippen molar-refractivity contribution < 1.29 is 19.1 Å². The number of hydrogen-bond donors (Lipinski definition) is 0. The van der Waals surface area contributed by atoms with Gasteiger partial charge in [-0.05, 0) is 28.9 Å². The predicted molar refractivity (Wildman–Crippen MR) is 68.3 cm³/mol. The van der Waals surface area contributed by atoms with Crippen molar-refractivity contribution in [1.29, 1.82) is 0 Å². The lowest BCUT2D eigenvalue weighted by atomic mass is 10.2. The topological polar surface area (TPSA) is 65.5 Å².